The van der Waals surface area contributed by atoms with E-state index in [4.69, 9.17) is 26.4 Å². The normalized spacial score (nSPS) is 19.7. The second-order valence-electron chi connectivity index (χ2n) is 6.75. The zero-order chi connectivity index (χ0) is 23.0. The van der Waals surface area contributed by atoms with Crippen LogP contribution in [-0.2, 0) is 36.2 Å². The fourth-order valence-corrected chi connectivity index (χ4v) is 4.15. The summed E-state index contributed by atoms with van der Waals surface area (Å²) < 4.78 is 15.5. The number of thioether (sulfide) groups is 1. The Bertz CT molecular complexity index is 847. The molecule has 0 aliphatic carbocycles. The van der Waals surface area contributed by atoms with E-state index in [1.807, 2.05) is 0 Å². The highest BCUT2D eigenvalue weighted by atomic mass is 32.2. The Morgan fingerprint density at radius 2 is 2.16 bits per heavy atom. The van der Waals surface area contributed by atoms with E-state index in [1.54, 1.807) is 19.9 Å². The van der Waals surface area contributed by atoms with E-state index in [1.165, 1.54) is 24.9 Å². The molecule has 9 nitrogen and oxygen atoms in total. The second kappa shape index (κ2) is 11.9. The molecule has 0 fully saturated rings. The molecule has 0 spiro atoms. The van der Waals surface area contributed by atoms with Gasteiger partial charge in [0.15, 0.2) is 0 Å². The van der Waals surface area contributed by atoms with E-state index in [0.717, 1.165) is 0 Å². The van der Waals surface area contributed by atoms with Crippen molar-refractivity contribution in [3.63, 3.8) is 0 Å². The minimum atomic E-state index is -0.998. The second-order valence-corrected chi connectivity index (χ2v) is 8.40. The van der Waals surface area contributed by atoms with Crippen LogP contribution in [-0.4, -0.2) is 66.1 Å². The lowest BCUT2D eigenvalue weighted by molar-refractivity contribution is -0.147. The van der Waals surface area contributed by atoms with Gasteiger partial charge in [0.25, 0.3) is 0 Å². The van der Waals surface area contributed by atoms with Gasteiger partial charge in [-0.2, -0.15) is 11.8 Å². The van der Waals surface area contributed by atoms with E-state index in [0.29, 0.717) is 16.1 Å². The molecular formula is C20H26N2O7S2. The number of methoxy groups -OCH3 is 1. The standard InChI is InChI=1S/C20H26N2O7S2/c1-4-28-20(26)16-10-31-9-14-13(5-12(7-27-3)6-17(14)23)19(25)29-8-15(18(24)22-16)21-11(2)30/h5-6,15-16,23H,4,7-10H2,1-3H3,(H,21,30)(H,22,24)/t15-,16-/m0/s1. The molecule has 0 radical (unpaired) electrons. The van der Waals surface area contributed by atoms with Crippen molar-refractivity contribution in [2.45, 2.75) is 38.3 Å². The molecule has 1 aliphatic rings. The number of phenolic OH excluding ortho intramolecular Hbond substituents is 1. The number of benzene rings is 1. The molecular weight excluding hydrogens is 444 g/mol. The fourth-order valence-electron chi connectivity index (χ4n) is 2.93. The monoisotopic (exact) mass is 470 g/mol. The van der Waals surface area contributed by atoms with Gasteiger partial charge in [-0.25, -0.2) is 9.59 Å². The Hall–Kier alpha value is -2.37. The lowest BCUT2D eigenvalue weighted by Crippen LogP contribution is -2.54. The first-order valence-corrected chi connectivity index (χ1v) is 11.2. The molecule has 1 amide bonds. The van der Waals surface area contributed by atoms with E-state index < -0.39 is 29.9 Å². The van der Waals surface area contributed by atoms with Gasteiger partial charge in [0.2, 0.25) is 5.91 Å². The van der Waals surface area contributed by atoms with Crippen molar-refractivity contribution in [2.75, 3.05) is 26.1 Å². The number of nitrogens with one attached hydrogen (secondary N) is 2. The molecule has 11 heteroatoms. The molecule has 0 bridgehead atoms. The van der Waals surface area contributed by atoms with E-state index in [9.17, 15) is 19.5 Å². The maximum Gasteiger partial charge on any atom is 0.338 e. The summed E-state index contributed by atoms with van der Waals surface area (Å²) in [6.07, 6.45) is 0. The number of thiocarbonyl (C=S) groups is 1. The van der Waals surface area contributed by atoms with Crippen molar-refractivity contribution < 1.29 is 33.7 Å². The zero-order valence-corrected chi connectivity index (χ0v) is 19.2. The number of phenols is 1. The van der Waals surface area contributed by atoms with Crippen LogP contribution >= 0.6 is 24.0 Å². The van der Waals surface area contributed by atoms with Gasteiger partial charge < -0.3 is 30.0 Å². The highest BCUT2D eigenvalue weighted by molar-refractivity contribution is 7.98. The maximum absolute atomic E-state index is 12.8. The van der Waals surface area contributed by atoms with Gasteiger partial charge in [0, 0.05) is 24.2 Å². The molecule has 1 heterocycles. The van der Waals surface area contributed by atoms with Crippen molar-refractivity contribution in [1.29, 1.82) is 0 Å². The number of carbonyl (C=O) groups excluding carboxylic acids is 3. The zero-order valence-electron chi connectivity index (χ0n) is 17.6. The SMILES string of the molecule is CCOC(=O)[C@@H]1CSCc2c(O)cc(COC)cc2C(=O)OC[C@H](NC(C)=S)C(=O)N1. The highest BCUT2D eigenvalue weighted by Crippen LogP contribution is 2.29. The smallest absolute Gasteiger partial charge is 0.338 e. The Labute approximate surface area is 190 Å². The Morgan fingerprint density at radius 1 is 1.42 bits per heavy atom. The molecule has 0 saturated carbocycles. The molecule has 2 atom stereocenters. The molecule has 0 unspecified atom stereocenters. The Balaban J connectivity index is 2.41. The van der Waals surface area contributed by atoms with Crippen LogP contribution in [0.1, 0.15) is 35.3 Å². The van der Waals surface area contributed by atoms with Gasteiger partial charge in [-0.05, 0) is 31.5 Å². The third kappa shape index (κ3) is 7.08. The van der Waals surface area contributed by atoms with Crippen LogP contribution in [0, 0.1) is 0 Å². The van der Waals surface area contributed by atoms with E-state index in [-0.39, 0.29) is 42.6 Å². The molecule has 1 aromatic carbocycles. The number of amides is 1. The summed E-state index contributed by atoms with van der Waals surface area (Å²) in [4.78, 5) is 38.2. The highest BCUT2D eigenvalue weighted by Gasteiger charge is 2.29. The quantitative estimate of drug-likeness (QED) is 0.428. The molecule has 31 heavy (non-hydrogen) atoms. The summed E-state index contributed by atoms with van der Waals surface area (Å²) in [6.45, 7) is 3.30. The van der Waals surface area contributed by atoms with Crippen LogP contribution in [0.15, 0.2) is 12.1 Å². The summed E-state index contributed by atoms with van der Waals surface area (Å²) in [5.41, 5.74) is 1.14. The Morgan fingerprint density at radius 3 is 2.81 bits per heavy atom. The van der Waals surface area contributed by atoms with Gasteiger partial charge >= 0.3 is 11.9 Å². The number of rotatable bonds is 5. The van der Waals surface area contributed by atoms with Gasteiger partial charge in [-0.15, -0.1) is 0 Å². The molecule has 0 aromatic heterocycles. The average molecular weight is 471 g/mol. The topological polar surface area (TPSA) is 123 Å². The number of aromatic hydroxyl groups is 1. The minimum absolute atomic E-state index is 0.0767. The molecule has 3 N–H and O–H groups in total. The van der Waals surface area contributed by atoms with Crippen molar-refractivity contribution in [2.24, 2.45) is 0 Å². The third-order valence-electron chi connectivity index (χ3n) is 4.31. The minimum Gasteiger partial charge on any atom is -0.508 e. The van der Waals surface area contributed by atoms with Gasteiger partial charge in [-0.1, -0.05) is 12.2 Å². The summed E-state index contributed by atoms with van der Waals surface area (Å²) in [5.74, 6) is -1.49. The van der Waals surface area contributed by atoms with Crippen LogP contribution in [0.5, 0.6) is 5.75 Å². The van der Waals surface area contributed by atoms with E-state index >= 15 is 0 Å². The molecule has 1 aliphatic heterocycles. The number of cyclic esters (lactones) is 1. The van der Waals surface area contributed by atoms with Crippen LogP contribution in [0.3, 0.4) is 0 Å². The van der Waals surface area contributed by atoms with Crippen LogP contribution in [0.25, 0.3) is 0 Å². The van der Waals surface area contributed by atoms with Crippen LogP contribution < -0.4 is 10.6 Å². The molecule has 170 valence electrons. The molecule has 0 saturated heterocycles. The predicted molar refractivity (Wildman–Crippen MR) is 119 cm³/mol. The predicted octanol–water partition coefficient (Wildman–Crippen LogP) is 1.30. The van der Waals surface area contributed by atoms with Gasteiger partial charge in [0.1, 0.15) is 24.4 Å². The first kappa shape index (κ1) is 24.9. The molecule has 2 rings (SSSR count). The van der Waals surface area contributed by atoms with Gasteiger partial charge in [-0.3, -0.25) is 4.79 Å². The number of fused-ring (bicyclic) bond motifs is 1. The first-order valence-electron chi connectivity index (χ1n) is 9.59. The fraction of sp³-hybridized carbons (Fsp3) is 0.500. The van der Waals surface area contributed by atoms with Gasteiger partial charge in [0.05, 0.1) is 23.8 Å². The average Bonchev–Trinajstić information content (AvgIpc) is 2.70. The molecule has 1 aromatic rings. The van der Waals surface area contributed by atoms with Crippen molar-refractivity contribution >= 4 is 46.8 Å². The Kier molecular flexibility index (Phi) is 9.53. The largest absolute Gasteiger partial charge is 0.508 e. The lowest BCUT2D eigenvalue weighted by Gasteiger charge is -2.24. The summed E-state index contributed by atoms with van der Waals surface area (Å²) >= 11 is 6.28. The number of ether oxygens (including phenoxy) is 3. The number of hydrogen-bond donors (Lipinski definition) is 3. The summed E-state index contributed by atoms with van der Waals surface area (Å²) in [6, 6.07) is 1.19. The van der Waals surface area contributed by atoms with E-state index in [2.05, 4.69) is 10.6 Å². The summed E-state index contributed by atoms with van der Waals surface area (Å²) in [7, 11) is 1.50. The first-order chi connectivity index (χ1) is 14.8. The number of carbonyl (C=O) groups is 3. The van der Waals surface area contributed by atoms with Crippen molar-refractivity contribution in [1.82, 2.24) is 10.6 Å². The van der Waals surface area contributed by atoms with Crippen LogP contribution in [0.2, 0.25) is 0 Å². The lowest BCUT2D eigenvalue weighted by atomic mass is 10.0. The maximum atomic E-state index is 12.8. The van der Waals surface area contributed by atoms with Crippen molar-refractivity contribution in [3.05, 3.63) is 28.8 Å². The summed E-state index contributed by atoms with van der Waals surface area (Å²) in [5, 5.41) is 15.9. The third-order valence-corrected chi connectivity index (χ3v) is 5.49. The van der Waals surface area contributed by atoms with Crippen molar-refractivity contribution in [3.8, 4) is 5.75 Å². The van der Waals surface area contributed by atoms with Crippen LogP contribution in [0.4, 0.5) is 0 Å². The number of hydrogen-bond acceptors (Lipinski definition) is 9. The number of esters is 2.